The van der Waals surface area contributed by atoms with Gasteiger partial charge in [0.1, 0.15) is 12.3 Å². The summed E-state index contributed by atoms with van der Waals surface area (Å²) in [4.78, 5) is 35.2. The van der Waals surface area contributed by atoms with Crippen molar-refractivity contribution in [3.63, 3.8) is 0 Å². The second-order valence-corrected chi connectivity index (χ2v) is 6.22. The van der Waals surface area contributed by atoms with Gasteiger partial charge in [0, 0.05) is 21.7 Å². The molecule has 0 radical (unpaired) electrons. The molecule has 4 atom stereocenters. The molecular weight excluding hydrogens is 392 g/mol. The molecule has 1 aromatic rings. The average Bonchev–Trinajstić information content (AvgIpc) is 2.62. The molecule has 11 heteroatoms. The summed E-state index contributed by atoms with van der Waals surface area (Å²) in [5.41, 5.74) is 4.31. The smallest absolute Gasteiger partial charge is 0.330 e. The number of ether oxygens (including phenoxy) is 2. The lowest BCUT2D eigenvalue weighted by Crippen LogP contribution is -2.33. The van der Waals surface area contributed by atoms with E-state index in [0.717, 1.165) is 6.42 Å². The van der Waals surface area contributed by atoms with Crippen LogP contribution in [-0.2, 0) is 18.8 Å². The van der Waals surface area contributed by atoms with Crippen LogP contribution in [0.25, 0.3) is 0 Å². The molecule has 164 valence electrons. The molecule has 1 heterocycles. The molecule has 0 fully saturated rings. The van der Waals surface area contributed by atoms with E-state index in [9.17, 15) is 18.8 Å². The van der Waals surface area contributed by atoms with Crippen LogP contribution in [0.1, 0.15) is 47.3 Å². The maximum Gasteiger partial charge on any atom is 0.330 e. The first-order chi connectivity index (χ1) is 13.1. The molecule has 9 nitrogen and oxygen atoms in total. The number of aromatic amines is 1. The lowest BCUT2D eigenvalue weighted by atomic mass is 10.3. The first-order valence-electron chi connectivity index (χ1n) is 8.74. The molecule has 0 aliphatic carbocycles. The lowest BCUT2D eigenvalue weighted by molar-refractivity contribution is -0.148. The molecule has 1 aromatic heterocycles. The molecule has 0 aliphatic rings. The normalized spacial score (nSPS) is 13.4. The van der Waals surface area contributed by atoms with Crippen molar-refractivity contribution in [2.75, 3.05) is 13.8 Å². The summed E-state index contributed by atoms with van der Waals surface area (Å²) >= 11 is 0. The maximum atomic E-state index is 11.5. The third kappa shape index (κ3) is 12.7. The van der Waals surface area contributed by atoms with Gasteiger partial charge in [0.25, 0.3) is 5.56 Å². The number of rotatable bonds is 8. The van der Waals surface area contributed by atoms with Crippen LogP contribution in [0.3, 0.4) is 0 Å². The summed E-state index contributed by atoms with van der Waals surface area (Å²) in [5.74, 6) is -0.343. The van der Waals surface area contributed by atoms with Gasteiger partial charge in [-0.3, -0.25) is 23.5 Å². The number of carbonyl (C=O) groups excluding carboxylic acids is 1. The van der Waals surface area contributed by atoms with Gasteiger partial charge in [-0.15, -0.1) is 0 Å². The summed E-state index contributed by atoms with van der Waals surface area (Å²) in [6.07, 6.45) is 1.58. The number of halogens is 1. The van der Waals surface area contributed by atoms with Gasteiger partial charge < -0.3 is 19.7 Å². The van der Waals surface area contributed by atoms with E-state index in [-0.39, 0.29) is 18.2 Å². The van der Waals surface area contributed by atoms with E-state index in [1.807, 2.05) is 6.92 Å². The second-order valence-electron chi connectivity index (χ2n) is 5.89. The number of hydrogen-bond donors (Lipinski definition) is 2. The average molecular weight is 425 g/mol. The maximum absolute atomic E-state index is 11.5. The Labute approximate surface area is 167 Å². The van der Waals surface area contributed by atoms with Crippen LogP contribution in [0.2, 0.25) is 0 Å². The summed E-state index contributed by atoms with van der Waals surface area (Å²) in [6.45, 7) is 9.33. The molecule has 0 bridgehead atoms. The topological polar surface area (TPSA) is 126 Å². The van der Waals surface area contributed by atoms with E-state index in [0.29, 0.717) is 13.8 Å². The van der Waals surface area contributed by atoms with Gasteiger partial charge in [0.15, 0.2) is 0 Å². The van der Waals surface area contributed by atoms with Crippen LogP contribution < -0.4 is 17.0 Å². The monoisotopic (exact) mass is 425 g/mol. The highest BCUT2D eigenvalue weighted by molar-refractivity contribution is 7.09. The second kappa shape index (κ2) is 16.4. The number of alkyl halides is 1. The third-order valence-corrected chi connectivity index (χ3v) is 3.29. The van der Waals surface area contributed by atoms with Gasteiger partial charge in [0.2, 0.25) is 0 Å². The first kappa shape index (κ1) is 28.6. The zero-order valence-electron chi connectivity index (χ0n) is 17.3. The fraction of sp³-hybridized carbons (Fsp3) is 0.706. The van der Waals surface area contributed by atoms with E-state index in [2.05, 4.69) is 14.5 Å². The van der Waals surface area contributed by atoms with Gasteiger partial charge >= 0.3 is 11.7 Å². The molecular formula is C17H33FN3O6P. The zero-order chi connectivity index (χ0) is 22.3. The van der Waals surface area contributed by atoms with E-state index < -0.39 is 23.5 Å². The number of hydrogen-bond acceptors (Lipinski definition) is 7. The summed E-state index contributed by atoms with van der Waals surface area (Å²) in [6, 6.07) is 0.779. The summed E-state index contributed by atoms with van der Waals surface area (Å²) < 4.78 is 26.2. The van der Waals surface area contributed by atoms with E-state index in [1.54, 1.807) is 27.7 Å². The van der Waals surface area contributed by atoms with Crippen LogP contribution in [0, 0.1) is 0 Å². The van der Waals surface area contributed by atoms with E-state index >= 15 is 0 Å². The molecule has 0 saturated heterocycles. The largest absolute Gasteiger partial charge is 0.462 e. The Bertz CT molecular complexity index is 650. The van der Waals surface area contributed by atoms with Crippen LogP contribution in [0.15, 0.2) is 21.9 Å². The highest BCUT2D eigenvalue weighted by Gasteiger charge is 2.13. The number of nitrogens with two attached hydrogens (primary N) is 1. The van der Waals surface area contributed by atoms with Gasteiger partial charge in [-0.1, -0.05) is 6.92 Å². The Morgan fingerprint density at radius 1 is 1.29 bits per heavy atom. The number of nitrogens with zero attached hydrogens (tertiary/aromatic N) is 1. The quantitative estimate of drug-likeness (QED) is 0.478. The van der Waals surface area contributed by atoms with Crippen molar-refractivity contribution in [2.45, 2.75) is 65.5 Å². The van der Waals surface area contributed by atoms with Crippen LogP contribution in [0.4, 0.5) is 4.39 Å². The number of H-pyrrole nitrogens is 1. The van der Waals surface area contributed by atoms with Crippen molar-refractivity contribution in [3.05, 3.63) is 33.1 Å². The summed E-state index contributed by atoms with van der Waals surface area (Å²) in [7, 11) is 2.66. The molecule has 0 amide bonds. The van der Waals surface area contributed by atoms with Crippen molar-refractivity contribution >= 4 is 15.4 Å². The molecule has 28 heavy (non-hydrogen) atoms. The number of aromatic nitrogens is 2. The SMILES string of the molecule is CC(C)OC(=O)C(C)N.CCC(COP)OC(C)n1ccc(=O)[nH]c1=O.CF. The minimum atomic E-state index is -0.507. The molecule has 3 N–H and O–H groups in total. The van der Waals surface area contributed by atoms with E-state index in [1.165, 1.54) is 16.8 Å². The molecule has 0 spiro atoms. The molecule has 0 aliphatic heterocycles. The van der Waals surface area contributed by atoms with E-state index in [4.69, 9.17) is 19.7 Å². The van der Waals surface area contributed by atoms with Crippen molar-refractivity contribution in [1.29, 1.82) is 0 Å². The minimum Gasteiger partial charge on any atom is -0.462 e. The number of carbonyl (C=O) groups is 1. The van der Waals surface area contributed by atoms with Crippen molar-refractivity contribution < 1.29 is 23.2 Å². The molecule has 0 saturated carbocycles. The minimum absolute atomic E-state index is 0.0662. The Morgan fingerprint density at radius 3 is 2.21 bits per heavy atom. The van der Waals surface area contributed by atoms with Crippen LogP contribution in [-0.4, -0.2) is 47.6 Å². The van der Waals surface area contributed by atoms with Crippen LogP contribution >= 0.6 is 9.47 Å². The van der Waals surface area contributed by atoms with Crippen LogP contribution in [0.5, 0.6) is 0 Å². The molecule has 1 rings (SSSR count). The Hall–Kier alpha value is -1.61. The number of esters is 1. The van der Waals surface area contributed by atoms with Gasteiger partial charge in [-0.2, -0.15) is 0 Å². The predicted molar refractivity (Wildman–Crippen MR) is 109 cm³/mol. The molecule has 0 aromatic carbocycles. The number of nitrogens with one attached hydrogen (secondary N) is 1. The van der Waals surface area contributed by atoms with Crippen molar-refractivity contribution in [3.8, 4) is 0 Å². The third-order valence-electron chi connectivity index (χ3n) is 3.09. The fourth-order valence-electron chi connectivity index (χ4n) is 1.76. The lowest BCUT2D eigenvalue weighted by Gasteiger charge is -2.21. The Morgan fingerprint density at radius 2 is 1.86 bits per heavy atom. The highest BCUT2D eigenvalue weighted by atomic mass is 31.0. The Kier molecular flexibility index (Phi) is 16.7. The standard InChI is InChI=1S/C10H17N2O4P.C6H13NO2.CH3F/c1-3-8(6-15-17)16-7(2)12-5-4-9(13)11-10(12)14;1-4(2)9-6(8)5(3)7;1-2/h4-5,7-8H,3,6,17H2,1-2H3,(H,11,13,14);4-5H,7H2,1-3H3;1H3. The Balaban J connectivity index is 0. The van der Waals surface area contributed by atoms with Crippen molar-refractivity contribution in [1.82, 2.24) is 9.55 Å². The van der Waals surface area contributed by atoms with Gasteiger partial charge in [0.05, 0.1) is 26.0 Å². The van der Waals surface area contributed by atoms with Crippen molar-refractivity contribution in [2.24, 2.45) is 5.73 Å². The fourth-order valence-corrected chi connectivity index (χ4v) is 1.97. The zero-order valence-corrected chi connectivity index (χ0v) is 18.5. The predicted octanol–water partition coefficient (Wildman–Crippen LogP) is 1.53. The molecule has 4 unspecified atom stereocenters. The highest BCUT2D eigenvalue weighted by Crippen LogP contribution is 2.11. The van der Waals surface area contributed by atoms with Gasteiger partial charge in [-0.25, -0.2) is 4.79 Å². The van der Waals surface area contributed by atoms with Gasteiger partial charge in [-0.05, 0) is 34.1 Å². The summed E-state index contributed by atoms with van der Waals surface area (Å²) in [5, 5.41) is 0. The first-order valence-corrected chi connectivity index (χ1v) is 9.21.